The maximum absolute atomic E-state index is 13.2. The number of aliphatic carboxylic acids is 1. The average molecular weight is 511 g/mol. The topological polar surface area (TPSA) is 231 Å². The summed E-state index contributed by atoms with van der Waals surface area (Å²) in [6, 6.07) is -3.98. The third-order valence-electron chi connectivity index (χ3n) is 5.77. The largest absolute Gasteiger partial charge is 0.480 e. The number of hydrogen-bond acceptors (Lipinski definition) is 8. The molecule has 4 atom stereocenters. The van der Waals surface area contributed by atoms with E-state index in [4.69, 9.17) is 17.2 Å². The van der Waals surface area contributed by atoms with E-state index in [9.17, 15) is 24.3 Å². The number of unbranched alkanes of at least 4 members (excludes halogenated alkanes) is 2. The number of imidazole rings is 1. The predicted octanol–water partition coefficient (Wildman–Crippen LogP) is -1.27. The smallest absolute Gasteiger partial charge is 0.326 e. The van der Waals surface area contributed by atoms with Crippen LogP contribution in [-0.2, 0) is 25.6 Å². The van der Waals surface area contributed by atoms with Gasteiger partial charge in [-0.15, -0.1) is 0 Å². The van der Waals surface area contributed by atoms with Crippen molar-refractivity contribution in [1.29, 1.82) is 0 Å². The third kappa shape index (κ3) is 11.1. The van der Waals surface area contributed by atoms with Gasteiger partial charge in [-0.05, 0) is 57.5 Å². The quantitative estimate of drug-likeness (QED) is 0.110. The molecule has 11 N–H and O–H groups in total. The molecule has 13 nitrogen and oxygen atoms in total. The molecular formula is C23H42N8O5. The van der Waals surface area contributed by atoms with Gasteiger partial charge in [0.05, 0.1) is 12.4 Å². The van der Waals surface area contributed by atoms with Gasteiger partial charge < -0.3 is 43.2 Å². The Morgan fingerprint density at radius 1 is 0.889 bits per heavy atom. The van der Waals surface area contributed by atoms with Gasteiger partial charge in [0.1, 0.15) is 18.1 Å². The number of aromatic nitrogens is 2. The second kappa shape index (κ2) is 16.6. The van der Waals surface area contributed by atoms with E-state index in [-0.39, 0.29) is 18.8 Å². The zero-order valence-electron chi connectivity index (χ0n) is 21.2. The molecule has 0 spiro atoms. The molecule has 0 radical (unpaired) electrons. The highest BCUT2D eigenvalue weighted by Crippen LogP contribution is 2.08. The van der Waals surface area contributed by atoms with Crippen molar-refractivity contribution >= 4 is 23.7 Å². The fraction of sp³-hybridized carbons (Fsp3) is 0.696. The first-order valence-electron chi connectivity index (χ1n) is 12.4. The van der Waals surface area contributed by atoms with E-state index in [1.807, 2.05) is 0 Å². The van der Waals surface area contributed by atoms with Crippen LogP contribution < -0.4 is 33.2 Å². The molecule has 36 heavy (non-hydrogen) atoms. The van der Waals surface area contributed by atoms with Gasteiger partial charge in [0, 0.05) is 18.3 Å². The summed E-state index contributed by atoms with van der Waals surface area (Å²) in [5.74, 6) is -3.03. The zero-order chi connectivity index (χ0) is 27.1. The second-order valence-corrected chi connectivity index (χ2v) is 9.14. The number of nitrogens with one attached hydrogen (secondary N) is 4. The average Bonchev–Trinajstić information content (AvgIpc) is 3.34. The Kier molecular flexibility index (Phi) is 14.3. The van der Waals surface area contributed by atoms with Crippen molar-refractivity contribution in [3.63, 3.8) is 0 Å². The highest BCUT2D eigenvalue weighted by Gasteiger charge is 2.31. The molecule has 1 heterocycles. The number of carboxylic acids is 1. The molecule has 1 aromatic heterocycles. The van der Waals surface area contributed by atoms with Crippen molar-refractivity contribution in [3.8, 4) is 0 Å². The Bertz CT molecular complexity index is 817. The Morgan fingerprint density at radius 2 is 1.42 bits per heavy atom. The van der Waals surface area contributed by atoms with Crippen LogP contribution in [0.25, 0.3) is 0 Å². The first-order chi connectivity index (χ1) is 17.1. The van der Waals surface area contributed by atoms with Gasteiger partial charge >= 0.3 is 5.97 Å². The summed E-state index contributed by atoms with van der Waals surface area (Å²) in [4.78, 5) is 57.3. The molecule has 0 saturated carbocycles. The molecule has 0 aromatic carbocycles. The lowest BCUT2D eigenvalue weighted by Crippen LogP contribution is -2.58. The fourth-order valence-electron chi connectivity index (χ4n) is 3.45. The predicted molar refractivity (Wildman–Crippen MR) is 134 cm³/mol. The van der Waals surface area contributed by atoms with Crippen molar-refractivity contribution in [3.05, 3.63) is 18.2 Å². The van der Waals surface area contributed by atoms with Crippen LogP contribution in [0.15, 0.2) is 12.5 Å². The highest BCUT2D eigenvalue weighted by atomic mass is 16.4. The van der Waals surface area contributed by atoms with Crippen LogP contribution in [0.2, 0.25) is 0 Å². The third-order valence-corrected chi connectivity index (χ3v) is 5.77. The fourth-order valence-corrected chi connectivity index (χ4v) is 3.45. The van der Waals surface area contributed by atoms with E-state index in [1.54, 1.807) is 13.8 Å². The normalized spacial score (nSPS) is 14.5. The molecule has 0 fully saturated rings. The molecule has 3 amide bonds. The highest BCUT2D eigenvalue weighted by molar-refractivity contribution is 5.94. The SMILES string of the molecule is CC(C)C(N)C(=O)NC(CCCCN)C(=O)NC(Cc1cnc[nH]1)C(=O)NC(CCCCN)C(=O)O. The summed E-state index contributed by atoms with van der Waals surface area (Å²) in [6.07, 6.45) is 5.85. The molecule has 204 valence electrons. The maximum atomic E-state index is 13.2. The van der Waals surface area contributed by atoms with Gasteiger partial charge in [-0.3, -0.25) is 14.4 Å². The van der Waals surface area contributed by atoms with Crippen LogP contribution in [0.1, 0.15) is 58.1 Å². The van der Waals surface area contributed by atoms with Crippen molar-refractivity contribution in [1.82, 2.24) is 25.9 Å². The molecule has 0 aliphatic heterocycles. The summed E-state index contributed by atoms with van der Waals surface area (Å²) in [5.41, 5.74) is 17.5. The summed E-state index contributed by atoms with van der Waals surface area (Å²) >= 11 is 0. The van der Waals surface area contributed by atoms with Gasteiger partial charge in [-0.1, -0.05) is 13.8 Å². The minimum absolute atomic E-state index is 0.0433. The summed E-state index contributed by atoms with van der Waals surface area (Å²) in [5, 5.41) is 17.4. The molecule has 13 heteroatoms. The van der Waals surface area contributed by atoms with Crippen LogP contribution >= 0.6 is 0 Å². The number of carbonyl (C=O) groups excluding carboxylic acids is 3. The van der Waals surface area contributed by atoms with Gasteiger partial charge in [0.25, 0.3) is 0 Å². The van der Waals surface area contributed by atoms with E-state index in [0.29, 0.717) is 50.9 Å². The molecule has 0 saturated heterocycles. The van der Waals surface area contributed by atoms with E-state index < -0.39 is 47.9 Å². The summed E-state index contributed by atoms with van der Waals surface area (Å²) in [6.45, 7) is 4.44. The Labute approximate surface area is 211 Å². The van der Waals surface area contributed by atoms with Crippen LogP contribution in [0, 0.1) is 5.92 Å². The minimum Gasteiger partial charge on any atom is -0.480 e. The monoisotopic (exact) mass is 510 g/mol. The summed E-state index contributed by atoms with van der Waals surface area (Å²) in [7, 11) is 0. The number of nitrogens with zero attached hydrogens (tertiary/aromatic N) is 1. The first-order valence-corrected chi connectivity index (χ1v) is 12.4. The molecular weight excluding hydrogens is 468 g/mol. The number of amides is 3. The van der Waals surface area contributed by atoms with Crippen molar-refractivity contribution < 1.29 is 24.3 Å². The Hall–Kier alpha value is -3.03. The van der Waals surface area contributed by atoms with Crippen molar-refractivity contribution in [2.24, 2.45) is 23.1 Å². The number of carboxylic acid groups (broad SMARTS) is 1. The zero-order valence-corrected chi connectivity index (χ0v) is 21.2. The lowest BCUT2D eigenvalue weighted by molar-refractivity contribution is -0.142. The number of aromatic amines is 1. The van der Waals surface area contributed by atoms with E-state index in [2.05, 4.69) is 25.9 Å². The Balaban J connectivity index is 3.03. The number of nitrogens with two attached hydrogens (primary N) is 3. The molecule has 1 rings (SSSR count). The van der Waals surface area contributed by atoms with Crippen LogP contribution in [0.4, 0.5) is 0 Å². The second-order valence-electron chi connectivity index (χ2n) is 9.14. The van der Waals surface area contributed by atoms with Gasteiger partial charge in [-0.2, -0.15) is 0 Å². The minimum atomic E-state index is -1.18. The first kappa shape index (κ1) is 31.0. The number of H-pyrrole nitrogens is 1. The number of rotatable bonds is 18. The lowest BCUT2D eigenvalue weighted by atomic mass is 10.0. The Morgan fingerprint density at radius 3 is 1.92 bits per heavy atom. The summed E-state index contributed by atoms with van der Waals surface area (Å²) < 4.78 is 0. The van der Waals surface area contributed by atoms with Gasteiger partial charge in [0.2, 0.25) is 17.7 Å². The number of hydrogen-bond donors (Lipinski definition) is 8. The van der Waals surface area contributed by atoms with E-state index in [0.717, 1.165) is 0 Å². The van der Waals surface area contributed by atoms with E-state index in [1.165, 1.54) is 12.5 Å². The van der Waals surface area contributed by atoms with Crippen LogP contribution in [0.5, 0.6) is 0 Å². The molecule has 4 unspecified atom stereocenters. The molecule has 0 aliphatic carbocycles. The van der Waals surface area contributed by atoms with Crippen LogP contribution in [0.3, 0.4) is 0 Å². The molecule has 0 aliphatic rings. The van der Waals surface area contributed by atoms with Crippen molar-refractivity contribution in [2.75, 3.05) is 13.1 Å². The van der Waals surface area contributed by atoms with Crippen LogP contribution in [-0.4, -0.2) is 76.0 Å². The van der Waals surface area contributed by atoms with Gasteiger partial charge in [0.15, 0.2) is 0 Å². The lowest BCUT2D eigenvalue weighted by Gasteiger charge is -2.25. The molecule has 1 aromatic rings. The van der Waals surface area contributed by atoms with Crippen molar-refractivity contribution in [2.45, 2.75) is 83.0 Å². The molecule has 0 bridgehead atoms. The maximum Gasteiger partial charge on any atom is 0.326 e. The van der Waals surface area contributed by atoms with Gasteiger partial charge in [-0.25, -0.2) is 9.78 Å². The number of carbonyl (C=O) groups is 4. The van der Waals surface area contributed by atoms with E-state index >= 15 is 0 Å². The standard InChI is InChI=1S/C23H42N8O5/c1-14(2)19(26)22(34)29-16(7-3-5-9-24)20(32)31-18(11-15-12-27-13-28-15)21(33)30-17(23(35)36)8-4-6-10-25/h12-14,16-19H,3-11,24-26H2,1-2H3,(H,27,28)(H,29,34)(H,30,33)(H,31,32)(H,35,36).